The first-order valence-corrected chi connectivity index (χ1v) is 9.66. The van der Waals surface area contributed by atoms with Gasteiger partial charge in [0.2, 0.25) is 17.4 Å². The summed E-state index contributed by atoms with van der Waals surface area (Å²) in [7, 11) is 3.19. The molecule has 10 nitrogen and oxygen atoms in total. The van der Waals surface area contributed by atoms with E-state index in [1.165, 1.54) is 27.0 Å². The van der Waals surface area contributed by atoms with E-state index in [-0.39, 0.29) is 36.2 Å². The average molecular weight is 423 g/mol. The monoisotopic (exact) mass is 423 g/mol. The van der Waals surface area contributed by atoms with Crippen molar-refractivity contribution in [3.05, 3.63) is 58.0 Å². The molecule has 1 aromatic carbocycles. The highest BCUT2D eigenvalue weighted by atomic mass is 16.5. The Labute approximate surface area is 177 Å². The number of aromatic nitrogens is 3. The Morgan fingerprint density at radius 3 is 2.55 bits per heavy atom. The van der Waals surface area contributed by atoms with Gasteiger partial charge in [-0.3, -0.25) is 14.2 Å². The fraction of sp³-hybridized carbons (Fsp3) is 0.286. The van der Waals surface area contributed by atoms with Crippen molar-refractivity contribution in [2.45, 2.75) is 19.6 Å². The van der Waals surface area contributed by atoms with Gasteiger partial charge in [0.15, 0.2) is 11.5 Å². The van der Waals surface area contributed by atoms with Crippen LogP contribution in [-0.2, 0) is 11.3 Å². The van der Waals surface area contributed by atoms with Gasteiger partial charge in [-0.1, -0.05) is 30.3 Å². The lowest BCUT2D eigenvalue weighted by molar-refractivity contribution is 0.0736. The van der Waals surface area contributed by atoms with Crippen LogP contribution in [0.1, 0.15) is 23.0 Å². The van der Waals surface area contributed by atoms with Gasteiger partial charge in [0.05, 0.1) is 13.2 Å². The van der Waals surface area contributed by atoms with Gasteiger partial charge in [-0.05, 0) is 12.5 Å². The molecule has 1 unspecified atom stereocenters. The van der Waals surface area contributed by atoms with Gasteiger partial charge < -0.3 is 19.6 Å². The fourth-order valence-corrected chi connectivity index (χ4v) is 3.76. The van der Waals surface area contributed by atoms with Crippen LogP contribution in [0.2, 0.25) is 0 Å². The number of likely N-dealkylation sites (N-methyl/N-ethyl adjacent to an activating group) is 2. The number of amides is 1. The molecule has 0 saturated carbocycles. The molecule has 160 valence electrons. The Balaban J connectivity index is 2.05. The van der Waals surface area contributed by atoms with Gasteiger partial charge in [-0.25, -0.2) is 9.20 Å². The van der Waals surface area contributed by atoms with Crippen LogP contribution in [0, 0.1) is 0 Å². The molecule has 0 radical (unpaired) electrons. The molecule has 2 aromatic heterocycles. The van der Waals surface area contributed by atoms with Crippen LogP contribution in [0.3, 0.4) is 0 Å². The quantitative estimate of drug-likeness (QED) is 0.607. The summed E-state index contributed by atoms with van der Waals surface area (Å²) in [6, 6.07) is 9.27. The molecule has 3 heterocycles. The highest BCUT2D eigenvalue weighted by molar-refractivity contribution is 6.01. The summed E-state index contributed by atoms with van der Waals surface area (Å²) < 4.78 is 8.01. The first-order chi connectivity index (χ1) is 14.9. The largest absolute Gasteiger partial charge is 0.491 e. The number of carbonyl (C=O) groups is 1. The Morgan fingerprint density at radius 2 is 1.90 bits per heavy atom. The zero-order chi connectivity index (χ0) is 22.3. The van der Waals surface area contributed by atoms with E-state index in [0.29, 0.717) is 0 Å². The van der Waals surface area contributed by atoms with Crippen LogP contribution >= 0.6 is 0 Å². The average Bonchev–Trinajstić information content (AvgIpc) is 3.17. The molecular formula is C21H21N5O5. The summed E-state index contributed by atoms with van der Waals surface area (Å²) in [5.41, 5.74) is 0.334. The Kier molecular flexibility index (Phi) is 5.00. The van der Waals surface area contributed by atoms with E-state index in [0.717, 1.165) is 5.56 Å². The minimum Gasteiger partial charge on any atom is -0.491 e. The first kappa shape index (κ1) is 20.2. The van der Waals surface area contributed by atoms with E-state index in [1.807, 2.05) is 30.3 Å². The van der Waals surface area contributed by atoms with E-state index >= 15 is 0 Å². The van der Waals surface area contributed by atoms with E-state index < -0.39 is 23.5 Å². The van der Waals surface area contributed by atoms with Gasteiger partial charge in [0, 0.05) is 20.2 Å². The van der Waals surface area contributed by atoms with Gasteiger partial charge in [0.25, 0.3) is 5.91 Å². The Morgan fingerprint density at radius 1 is 1.19 bits per heavy atom. The molecule has 31 heavy (non-hydrogen) atoms. The zero-order valence-corrected chi connectivity index (χ0v) is 17.3. The number of fused-ring (bicyclic) bond motifs is 3. The molecule has 4 rings (SSSR count). The van der Waals surface area contributed by atoms with Crippen LogP contribution in [0.15, 0.2) is 41.2 Å². The summed E-state index contributed by atoms with van der Waals surface area (Å²) in [4.78, 5) is 44.7. The van der Waals surface area contributed by atoms with E-state index in [1.54, 1.807) is 24.8 Å². The van der Waals surface area contributed by atoms with Crippen LogP contribution in [-0.4, -0.2) is 62.7 Å². The summed E-state index contributed by atoms with van der Waals surface area (Å²) >= 11 is 0. The van der Waals surface area contributed by atoms with Crippen molar-refractivity contribution in [2.24, 2.45) is 0 Å². The smallest absolute Gasteiger partial charge is 0.301 e. The van der Waals surface area contributed by atoms with Crippen LogP contribution in [0.25, 0.3) is 5.78 Å². The molecule has 0 aliphatic carbocycles. The van der Waals surface area contributed by atoms with Gasteiger partial charge >= 0.3 is 5.56 Å². The number of anilines is 1. The number of nitrogens with zero attached hydrogens (tertiary/aromatic N) is 5. The third-order valence-corrected chi connectivity index (χ3v) is 5.28. The number of hydrogen-bond acceptors (Lipinski definition) is 7. The van der Waals surface area contributed by atoms with Crippen molar-refractivity contribution in [1.82, 2.24) is 18.9 Å². The highest BCUT2D eigenvalue weighted by Gasteiger charge is 2.39. The maximum atomic E-state index is 13.2. The molecule has 1 aliphatic heterocycles. The van der Waals surface area contributed by atoms with Gasteiger partial charge in [-0.2, -0.15) is 4.98 Å². The Bertz CT molecular complexity index is 1270. The van der Waals surface area contributed by atoms with Crippen molar-refractivity contribution >= 4 is 23.4 Å². The summed E-state index contributed by atoms with van der Waals surface area (Å²) in [5.74, 6) is 0.780. The van der Waals surface area contributed by atoms with E-state index in [4.69, 9.17) is 4.74 Å². The summed E-state index contributed by atoms with van der Waals surface area (Å²) in [6.45, 7) is 2.00. The lowest BCUT2D eigenvalue weighted by Gasteiger charge is -2.37. The lowest BCUT2D eigenvalue weighted by atomic mass is 10.2. The maximum absolute atomic E-state index is 13.2. The van der Waals surface area contributed by atoms with Crippen molar-refractivity contribution < 1.29 is 19.4 Å². The van der Waals surface area contributed by atoms with Gasteiger partial charge in [0.1, 0.15) is 12.1 Å². The molecule has 1 aliphatic rings. The van der Waals surface area contributed by atoms with Crippen molar-refractivity contribution in [2.75, 3.05) is 25.6 Å². The van der Waals surface area contributed by atoms with E-state index in [9.17, 15) is 19.5 Å². The van der Waals surface area contributed by atoms with E-state index in [2.05, 4.69) is 4.98 Å². The summed E-state index contributed by atoms with van der Waals surface area (Å²) in [6.07, 6.45) is 0.498. The number of benzene rings is 1. The molecule has 10 heteroatoms. The summed E-state index contributed by atoms with van der Waals surface area (Å²) in [5, 5.41) is 10.9. The number of rotatable bonds is 5. The molecule has 1 atom stereocenters. The number of ether oxygens (including phenoxy) is 1. The molecule has 1 N–H and O–H groups in total. The van der Waals surface area contributed by atoms with Gasteiger partial charge in [-0.15, -0.1) is 0 Å². The normalized spacial score (nSPS) is 15.7. The molecule has 0 bridgehead atoms. The third-order valence-electron chi connectivity index (χ3n) is 5.28. The standard InChI is InChI=1S/C21H21N5O5/c1-4-31-16-19(29)25(12-13-8-6-5-7-9-13)21-22-17-15(26(21)20(16)30)18(28)24(3)14(10-11-27)23(17)2/h5-10,14,30H,4,12H2,1-3H3. The second-order valence-electron chi connectivity index (χ2n) is 7.11. The third kappa shape index (κ3) is 3.04. The molecule has 3 aromatic rings. The number of imidazole rings is 1. The lowest BCUT2D eigenvalue weighted by Crippen LogP contribution is -2.51. The molecule has 0 spiro atoms. The number of aromatic hydroxyl groups is 1. The zero-order valence-electron chi connectivity index (χ0n) is 17.3. The fourth-order valence-electron chi connectivity index (χ4n) is 3.76. The van der Waals surface area contributed by atoms with Crippen LogP contribution < -0.4 is 15.2 Å². The van der Waals surface area contributed by atoms with Crippen molar-refractivity contribution in [3.63, 3.8) is 0 Å². The second-order valence-corrected chi connectivity index (χ2v) is 7.11. The molecular weight excluding hydrogens is 402 g/mol. The number of carbonyl (C=O) groups excluding carboxylic acids is 2. The topological polar surface area (TPSA) is 109 Å². The molecule has 1 amide bonds. The number of hydrogen-bond donors (Lipinski definition) is 1. The highest BCUT2D eigenvalue weighted by Crippen LogP contribution is 2.34. The molecule has 0 fully saturated rings. The minimum absolute atomic E-state index is 0.0656. The van der Waals surface area contributed by atoms with Crippen molar-refractivity contribution in [1.29, 1.82) is 0 Å². The predicted octanol–water partition coefficient (Wildman–Crippen LogP) is 0.884. The Hall–Kier alpha value is -4.04. The van der Waals surface area contributed by atoms with Crippen LogP contribution in [0.5, 0.6) is 11.6 Å². The SMILES string of the molecule is CCOc1c(O)n2c3c(nc2n(Cc2ccccc2)c1=O)N(C)C(C=C=O)N(C)C3=O. The molecule has 0 saturated heterocycles. The second kappa shape index (κ2) is 7.66. The van der Waals surface area contributed by atoms with Crippen molar-refractivity contribution in [3.8, 4) is 11.6 Å². The predicted molar refractivity (Wildman–Crippen MR) is 112 cm³/mol. The minimum atomic E-state index is -0.704. The van der Waals surface area contributed by atoms with Crippen LogP contribution in [0.4, 0.5) is 5.82 Å². The first-order valence-electron chi connectivity index (χ1n) is 9.66. The maximum Gasteiger partial charge on any atom is 0.301 e.